The van der Waals surface area contributed by atoms with Crippen molar-refractivity contribution in [1.29, 1.82) is 0 Å². The monoisotopic (exact) mass is 356 g/mol. The molecule has 0 saturated carbocycles. The number of ether oxygens (including phenoxy) is 1. The van der Waals surface area contributed by atoms with Crippen LogP contribution in [0.15, 0.2) is 47.7 Å². The number of phenolic OH excluding ortho intramolecular Hbond substituents is 1. The number of thiocarbonyl (C=S) groups is 1. The lowest BCUT2D eigenvalue weighted by Gasteiger charge is -2.31. The quantitative estimate of drug-likeness (QED) is 0.579. The van der Waals surface area contributed by atoms with E-state index in [4.69, 9.17) is 17.0 Å². The molecule has 0 spiro atoms. The van der Waals surface area contributed by atoms with Gasteiger partial charge in [-0.15, -0.1) is 0 Å². The predicted octanol–water partition coefficient (Wildman–Crippen LogP) is 3.29. The van der Waals surface area contributed by atoms with Crippen LogP contribution < -0.4 is 10.6 Å². The summed E-state index contributed by atoms with van der Waals surface area (Å²) in [5, 5.41) is 18.8. The predicted molar refractivity (Wildman–Crippen MR) is 101 cm³/mol. The molecule has 2 aromatic carbocycles. The topological polar surface area (TPSA) is 70.6 Å². The molecular formula is C19H20N2O3S. The zero-order valence-electron chi connectivity index (χ0n) is 14.3. The first kappa shape index (κ1) is 17.2. The third-order valence-electron chi connectivity index (χ3n) is 4.07. The van der Waals surface area contributed by atoms with Gasteiger partial charge in [0.1, 0.15) is 5.75 Å². The van der Waals surface area contributed by atoms with Gasteiger partial charge in [-0.05, 0) is 49.8 Å². The Bertz CT molecular complexity index is 889. The molecule has 2 aromatic rings. The molecule has 5 nitrogen and oxygen atoms in total. The minimum absolute atomic E-state index is 0.101. The maximum Gasteiger partial charge on any atom is 0.338 e. The molecule has 3 rings (SSSR count). The van der Waals surface area contributed by atoms with E-state index >= 15 is 0 Å². The van der Waals surface area contributed by atoms with Gasteiger partial charge in [0.15, 0.2) is 5.11 Å². The van der Waals surface area contributed by atoms with Gasteiger partial charge in [-0.2, -0.15) is 0 Å². The summed E-state index contributed by atoms with van der Waals surface area (Å²) in [7, 11) is 0. The summed E-state index contributed by atoms with van der Waals surface area (Å²) < 4.78 is 5.40. The van der Waals surface area contributed by atoms with Crippen LogP contribution in [0.2, 0.25) is 0 Å². The number of phenols is 1. The number of aromatic hydroxyl groups is 1. The number of carbonyl (C=O) groups excluding carboxylic acids is 1. The number of hydrogen-bond acceptors (Lipinski definition) is 4. The van der Waals surface area contributed by atoms with Crippen LogP contribution in [0.4, 0.5) is 0 Å². The Morgan fingerprint density at radius 1 is 1.24 bits per heavy atom. The number of carbonyl (C=O) groups is 1. The van der Waals surface area contributed by atoms with Crippen LogP contribution >= 0.6 is 12.2 Å². The molecule has 0 saturated heterocycles. The van der Waals surface area contributed by atoms with Crippen LogP contribution in [0.1, 0.15) is 32.4 Å². The molecule has 0 aromatic heterocycles. The number of benzene rings is 2. The van der Waals surface area contributed by atoms with E-state index in [1.54, 1.807) is 26.8 Å². The Morgan fingerprint density at radius 3 is 2.68 bits per heavy atom. The van der Waals surface area contributed by atoms with Crippen LogP contribution in [0, 0.1) is 0 Å². The Labute approximate surface area is 151 Å². The van der Waals surface area contributed by atoms with Crippen molar-refractivity contribution in [2.24, 2.45) is 0 Å². The maximum atomic E-state index is 12.7. The third-order valence-corrected chi connectivity index (χ3v) is 4.29. The first-order chi connectivity index (χ1) is 11.9. The lowest BCUT2D eigenvalue weighted by molar-refractivity contribution is -0.143. The fourth-order valence-electron chi connectivity index (χ4n) is 3.05. The van der Waals surface area contributed by atoms with Crippen molar-refractivity contribution >= 4 is 34.1 Å². The highest BCUT2D eigenvalue weighted by molar-refractivity contribution is 7.80. The van der Waals surface area contributed by atoms with Crippen LogP contribution in [0.25, 0.3) is 10.8 Å². The first-order valence-corrected chi connectivity index (χ1v) is 8.49. The average molecular weight is 356 g/mol. The van der Waals surface area contributed by atoms with E-state index in [0.717, 1.165) is 10.8 Å². The molecule has 6 heteroatoms. The van der Waals surface area contributed by atoms with E-state index in [-0.39, 0.29) is 11.9 Å². The van der Waals surface area contributed by atoms with Crippen molar-refractivity contribution in [2.75, 3.05) is 0 Å². The van der Waals surface area contributed by atoms with E-state index < -0.39 is 12.0 Å². The second-order valence-electron chi connectivity index (χ2n) is 6.24. The second kappa shape index (κ2) is 6.72. The van der Waals surface area contributed by atoms with Gasteiger partial charge < -0.3 is 20.5 Å². The van der Waals surface area contributed by atoms with Gasteiger partial charge >= 0.3 is 5.97 Å². The highest BCUT2D eigenvalue weighted by atomic mass is 32.1. The summed E-state index contributed by atoms with van der Waals surface area (Å²) in [5.41, 5.74) is 1.64. The number of nitrogens with one attached hydrogen (secondary N) is 2. The lowest BCUT2D eigenvalue weighted by Crippen LogP contribution is -2.45. The smallest absolute Gasteiger partial charge is 0.338 e. The van der Waals surface area contributed by atoms with Crippen LogP contribution in [0.5, 0.6) is 5.75 Å². The normalized spacial score (nSPS) is 17.4. The molecule has 0 fully saturated rings. The highest BCUT2D eigenvalue weighted by Crippen LogP contribution is 2.38. The summed E-state index contributed by atoms with van der Waals surface area (Å²) in [5.74, 6) is -0.337. The first-order valence-electron chi connectivity index (χ1n) is 8.08. The number of hydrogen-bond donors (Lipinski definition) is 3. The van der Waals surface area contributed by atoms with Gasteiger partial charge in [0, 0.05) is 11.3 Å². The van der Waals surface area contributed by atoms with E-state index in [9.17, 15) is 9.90 Å². The average Bonchev–Trinajstić information content (AvgIpc) is 2.53. The molecule has 3 N–H and O–H groups in total. The molecule has 25 heavy (non-hydrogen) atoms. The highest BCUT2D eigenvalue weighted by Gasteiger charge is 2.33. The van der Waals surface area contributed by atoms with Crippen molar-refractivity contribution in [3.8, 4) is 5.75 Å². The van der Waals surface area contributed by atoms with Crippen LogP contribution in [-0.2, 0) is 9.53 Å². The number of rotatable bonds is 3. The van der Waals surface area contributed by atoms with E-state index in [2.05, 4.69) is 10.6 Å². The fraction of sp³-hybridized carbons (Fsp3) is 0.263. The Morgan fingerprint density at radius 2 is 1.96 bits per heavy atom. The summed E-state index contributed by atoms with van der Waals surface area (Å²) in [4.78, 5) is 12.7. The van der Waals surface area contributed by atoms with Gasteiger partial charge in [-0.25, -0.2) is 4.79 Å². The van der Waals surface area contributed by atoms with E-state index in [1.807, 2.05) is 30.3 Å². The Hall–Kier alpha value is -2.60. The summed E-state index contributed by atoms with van der Waals surface area (Å²) >= 11 is 5.26. The van der Waals surface area contributed by atoms with Crippen molar-refractivity contribution in [2.45, 2.75) is 32.9 Å². The summed E-state index contributed by atoms with van der Waals surface area (Å²) in [6.45, 7) is 5.37. The molecule has 1 atom stereocenters. The van der Waals surface area contributed by atoms with Gasteiger partial charge in [0.05, 0.1) is 17.7 Å². The van der Waals surface area contributed by atoms with E-state index in [1.165, 1.54) is 0 Å². The minimum Gasteiger partial charge on any atom is -0.508 e. The zero-order valence-corrected chi connectivity index (χ0v) is 15.1. The molecule has 0 bridgehead atoms. The summed E-state index contributed by atoms with van der Waals surface area (Å²) in [6.07, 6.45) is -0.247. The van der Waals surface area contributed by atoms with Crippen LogP contribution in [-0.4, -0.2) is 22.3 Å². The van der Waals surface area contributed by atoms with Crippen molar-refractivity contribution in [1.82, 2.24) is 10.6 Å². The Kier molecular flexibility index (Phi) is 4.63. The maximum absolute atomic E-state index is 12.7. The summed E-state index contributed by atoms with van der Waals surface area (Å²) in [6, 6.07) is 10.6. The number of allylic oxidation sites excluding steroid dienone is 1. The third kappa shape index (κ3) is 3.30. The molecule has 130 valence electrons. The second-order valence-corrected chi connectivity index (χ2v) is 6.65. The minimum atomic E-state index is -0.592. The van der Waals surface area contributed by atoms with Gasteiger partial charge in [0.2, 0.25) is 0 Å². The molecule has 0 amide bonds. The standard InChI is InChI=1S/C19H20N2O3S/c1-10(2)24-18(23)15-11(3)20-19(25)21-17(15)16-13-7-5-4-6-12(13)8-9-14(16)22/h4-10,17,22H,1-3H3,(H2,20,21,25)/t17-/m1/s1. The molecule has 0 unspecified atom stereocenters. The van der Waals surface area contributed by atoms with Gasteiger partial charge in [0.25, 0.3) is 0 Å². The zero-order chi connectivity index (χ0) is 18.1. The molecular weight excluding hydrogens is 336 g/mol. The van der Waals surface area contributed by atoms with Crippen molar-refractivity contribution in [3.63, 3.8) is 0 Å². The number of fused-ring (bicyclic) bond motifs is 1. The van der Waals surface area contributed by atoms with Gasteiger partial charge in [-0.1, -0.05) is 30.3 Å². The van der Waals surface area contributed by atoms with E-state index in [0.29, 0.717) is 21.9 Å². The van der Waals surface area contributed by atoms with Gasteiger partial charge in [-0.3, -0.25) is 0 Å². The fourth-order valence-corrected chi connectivity index (χ4v) is 3.32. The SMILES string of the molecule is CC1=C(C(=O)OC(C)C)[C@H](c2c(O)ccc3ccccc23)NC(=S)N1. The lowest BCUT2D eigenvalue weighted by atomic mass is 9.90. The Balaban J connectivity index is 2.20. The number of esters is 1. The molecule has 1 heterocycles. The molecule has 0 aliphatic carbocycles. The van der Waals surface area contributed by atoms with Crippen molar-refractivity contribution in [3.05, 3.63) is 53.2 Å². The molecule has 0 radical (unpaired) electrons. The van der Waals surface area contributed by atoms with Crippen LogP contribution in [0.3, 0.4) is 0 Å². The molecule has 1 aliphatic rings. The molecule has 1 aliphatic heterocycles. The van der Waals surface area contributed by atoms with Crippen molar-refractivity contribution < 1.29 is 14.6 Å². The largest absolute Gasteiger partial charge is 0.508 e.